The summed E-state index contributed by atoms with van der Waals surface area (Å²) in [6.45, 7) is 8.00. The van der Waals surface area contributed by atoms with E-state index >= 15 is 0 Å². The van der Waals surface area contributed by atoms with Gasteiger partial charge in [0.1, 0.15) is 5.75 Å². The molecule has 2 aromatic carbocycles. The van der Waals surface area contributed by atoms with E-state index in [4.69, 9.17) is 4.74 Å². The van der Waals surface area contributed by atoms with Crippen LogP contribution in [0, 0.1) is 38.5 Å². The molecule has 2 saturated heterocycles. The molecule has 0 saturated carbocycles. The molecule has 2 aliphatic heterocycles. The first-order valence-electron chi connectivity index (χ1n) is 12.4. The Balaban J connectivity index is 1.28. The third-order valence-corrected chi connectivity index (χ3v) is 7.55. The maximum atomic E-state index is 13.1. The molecule has 7 heteroatoms. The second-order valence-corrected chi connectivity index (χ2v) is 10.3. The van der Waals surface area contributed by atoms with Crippen molar-refractivity contribution in [3.8, 4) is 5.75 Å². The van der Waals surface area contributed by atoms with Crippen LogP contribution in [-0.2, 0) is 19.2 Å². The summed E-state index contributed by atoms with van der Waals surface area (Å²) in [5, 5.41) is 0. The van der Waals surface area contributed by atoms with Gasteiger partial charge in [-0.1, -0.05) is 29.3 Å². The summed E-state index contributed by atoms with van der Waals surface area (Å²) in [4.78, 5) is 54.6. The zero-order valence-corrected chi connectivity index (χ0v) is 21.0. The predicted molar refractivity (Wildman–Crippen MR) is 136 cm³/mol. The van der Waals surface area contributed by atoms with Gasteiger partial charge in [-0.05, 0) is 75.9 Å². The van der Waals surface area contributed by atoms with Crippen molar-refractivity contribution < 1.29 is 23.9 Å². The third kappa shape index (κ3) is 4.12. The number of aryl methyl sites for hydroxylation is 3. The smallest absolute Gasteiger partial charge is 0.316 e. The first kappa shape index (κ1) is 24.0. The molecule has 3 amide bonds. The van der Waals surface area contributed by atoms with Crippen molar-refractivity contribution in [1.82, 2.24) is 0 Å². The van der Waals surface area contributed by atoms with Gasteiger partial charge >= 0.3 is 5.97 Å². The fourth-order valence-corrected chi connectivity index (χ4v) is 5.62. The van der Waals surface area contributed by atoms with Crippen LogP contribution >= 0.6 is 0 Å². The van der Waals surface area contributed by atoms with E-state index in [1.807, 2.05) is 45.0 Å². The van der Waals surface area contributed by atoms with Crippen molar-refractivity contribution in [2.24, 2.45) is 17.8 Å². The highest BCUT2D eigenvalue weighted by Gasteiger charge is 2.49. The zero-order valence-electron chi connectivity index (χ0n) is 21.0. The summed E-state index contributed by atoms with van der Waals surface area (Å²) < 4.78 is 5.63. The molecule has 2 aromatic rings. The van der Waals surface area contributed by atoms with E-state index in [-0.39, 0.29) is 42.5 Å². The summed E-state index contributed by atoms with van der Waals surface area (Å²) >= 11 is 0. The molecule has 7 nitrogen and oxygen atoms in total. The van der Waals surface area contributed by atoms with Crippen molar-refractivity contribution >= 4 is 35.1 Å². The molecule has 0 unspecified atom stereocenters. The van der Waals surface area contributed by atoms with E-state index in [0.717, 1.165) is 22.4 Å². The van der Waals surface area contributed by atoms with E-state index in [1.54, 1.807) is 30.0 Å². The fourth-order valence-electron chi connectivity index (χ4n) is 5.62. The Labute approximate surface area is 210 Å². The molecule has 1 aliphatic carbocycles. The van der Waals surface area contributed by atoms with Crippen LogP contribution in [0.1, 0.15) is 42.9 Å². The summed E-state index contributed by atoms with van der Waals surface area (Å²) in [7, 11) is 0. The molecule has 0 radical (unpaired) electrons. The third-order valence-electron chi connectivity index (χ3n) is 7.55. The lowest BCUT2D eigenvalue weighted by molar-refractivity contribution is -0.139. The summed E-state index contributed by atoms with van der Waals surface area (Å²) in [6, 6.07) is 10.8. The molecule has 2 heterocycles. The van der Waals surface area contributed by atoms with Crippen LogP contribution in [0.25, 0.3) is 0 Å². The second kappa shape index (κ2) is 9.04. The van der Waals surface area contributed by atoms with Crippen LogP contribution < -0.4 is 14.5 Å². The number of esters is 1. The minimum absolute atomic E-state index is 0.0935. The van der Waals surface area contributed by atoms with E-state index in [1.165, 1.54) is 4.90 Å². The predicted octanol–water partition coefficient (Wildman–Crippen LogP) is 4.42. The van der Waals surface area contributed by atoms with Gasteiger partial charge < -0.3 is 9.64 Å². The van der Waals surface area contributed by atoms with E-state index in [9.17, 15) is 19.2 Å². The highest BCUT2D eigenvalue weighted by atomic mass is 16.5. The van der Waals surface area contributed by atoms with Crippen LogP contribution in [0.4, 0.5) is 11.4 Å². The van der Waals surface area contributed by atoms with Crippen molar-refractivity contribution in [3.05, 3.63) is 64.7 Å². The number of carbonyl (C=O) groups excluding carboxylic acids is 4. The number of fused-ring (bicyclic) bond motifs is 1. The summed E-state index contributed by atoms with van der Waals surface area (Å²) in [5.74, 6) is -1.76. The van der Waals surface area contributed by atoms with Gasteiger partial charge in [0.05, 0.1) is 23.4 Å². The van der Waals surface area contributed by atoms with Gasteiger partial charge in [0.15, 0.2) is 0 Å². The van der Waals surface area contributed by atoms with Crippen LogP contribution in [0.2, 0.25) is 0 Å². The number of allylic oxidation sites excluding steroid dienone is 2. The normalized spacial score (nSPS) is 23.7. The number of carbonyl (C=O) groups is 4. The lowest BCUT2D eigenvalue weighted by atomic mass is 9.82. The van der Waals surface area contributed by atoms with Crippen LogP contribution in [0.3, 0.4) is 0 Å². The number of imide groups is 1. The maximum Gasteiger partial charge on any atom is 0.316 e. The first-order valence-corrected chi connectivity index (χ1v) is 12.4. The molecule has 36 heavy (non-hydrogen) atoms. The number of anilines is 2. The average molecular weight is 487 g/mol. The Morgan fingerprint density at radius 3 is 2.28 bits per heavy atom. The Kier molecular flexibility index (Phi) is 6.02. The topological polar surface area (TPSA) is 84.0 Å². The minimum atomic E-state index is -0.571. The van der Waals surface area contributed by atoms with E-state index in [2.05, 4.69) is 0 Å². The van der Waals surface area contributed by atoms with Gasteiger partial charge in [-0.15, -0.1) is 0 Å². The van der Waals surface area contributed by atoms with Gasteiger partial charge in [-0.25, -0.2) is 4.90 Å². The van der Waals surface area contributed by atoms with Crippen LogP contribution in [0.5, 0.6) is 5.75 Å². The molecule has 3 atom stereocenters. The van der Waals surface area contributed by atoms with E-state index < -0.39 is 11.9 Å². The number of ether oxygens (including phenoxy) is 1. The molecule has 3 aliphatic rings. The number of hydrogen-bond acceptors (Lipinski definition) is 5. The lowest BCUT2D eigenvalue weighted by Gasteiger charge is -2.20. The SMILES string of the molecule is CC1=CC[C@@H]2C(=O)N(c3ccc(OC(=O)[C@@H]4CC(=O)N(c5ccc(C)cc5C)C4)cc3C)C(=O)[C@@H]2C1. The van der Waals surface area contributed by atoms with Gasteiger partial charge in [0.25, 0.3) is 0 Å². The summed E-state index contributed by atoms with van der Waals surface area (Å²) in [5.41, 5.74) is 5.24. The maximum absolute atomic E-state index is 13.1. The first-order chi connectivity index (χ1) is 17.1. The average Bonchev–Trinajstić information content (AvgIpc) is 3.32. The van der Waals surface area contributed by atoms with Crippen molar-refractivity contribution in [2.75, 3.05) is 16.3 Å². The van der Waals surface area contributed by atoms with Crippen molar-refractivity contribution in [2.45, 2.75) is 47.0 Å². The Morgan fingerprint density at radius 2 is 1.56 bits per heavy atom. The highest BCUT2D eigenvalue weighted by molar-refractivity contribution is 6.22. The number of rotatable bonds is 4. The second-order valence-electron chi connectivity index (χ2n) is 10.3. The van der Waals surface area contributed by atoms with Gasteiger partial charge in [-0.3, -0.25) is 19.2 Å². The molecule has 0 N–H and O–H groups in total. The molecule has 0 spiro atoms. The van der Waals surface area contributed by atoms with Gasteiger partial charge in [0.2, 0.25) is 17.7 Å². The molecule has 2 fully saturated rings. The highest BCUT2D eigenvalue weighted by Crippen LogP contribution is 2.41. The quantitative estimate of drug-likeness (QED) is 0.277. The van der Waals surface area contributed by atoms with E-state index in [0.29, 0.717) is 29.8 Å². The number of amides is 3. The van der Waals surface area contributed by atoms with Gasteiger partial charge in [0, 0.05) is 18.7 Å². The largest absolute Gasteiger partial charge is 0.426 e. The van der Waals surface area contributed by atoms with Crippen molar-refractivity contribution in [3.63, 3.8) is 0 Å². The zero-order chi connectivity index (χ0) is 25.7. The molecule has 186 valence electrons. The summed E-state index contributed by atoms with van der Waals surface area (Å²) in [6.07, 6.45) is 3.34. The number of nitrogens with zero attached hydrogens (tertiary/aromatic N) is 2. The fraction of sp³-hybridized carbons (Fsp3) is 0.379. The van der Waals surface area contributed by atoms with Crippen LogP contribution in [0.15, 0.2) is 48.0 Å². The Morgan fingerprint density at radius 1 is 0.861 bits per heavy atom. The van der Waals surface area contributed by atoms with Crippen molar-refractivity contribution in [1.29, 1.82) is 0 Å². The van der Waals surface area contributed by atoms with Crippen LogP contribution in [-0.4, -0.2) is 30.2 Å². The number of benzene rings is 2. The molecular formula is C29H30N2O5. The Hall–Kier alpha value is -3.74. The lowest BCUT2D eigenvalue weighted by Crippen LogP contribution is -2.31. The molecule has 0 aromatic heterocycles. The standard InChI is InChI=1S/C29H30N2O5/c1-16-6-9-24(18(3)11-16)30-15-20(14-26(30)32)29(35)36-21-7-10-25(19(4)13-21)31-27(33)22-8-5-17(2)12-23(22)28(31)34/h5-7,9-11,13,20,22-23H,8,12,14-15H2,1-4H3/t20-,22+,23-/m1/s1. The minimum Gasteiger partial charge on any atom is -0.426 e. The molecular weight excluding hydrogens is 456 g/mol. The monoisotopic (exact) mass is 486 g/mol. The molecule has 5 rings (SSSR count). The molecule has 0 bridgehead atoms. The number of hydrogen-bond donors (Lipinski definition) is 0. The Bertz CT molecular complexity index is 1330. The van der Waals surface area contributed by atoms with Gasteiger partial charge in [-0.2, -0.15) is 0 Å².